The fraction of sp³-hybridized carbons (Fsp3) is 0.667. The highest BCUT2D eigenvalue weighted by Gasteiger charge is 2.62. The predicted molar refractivity (Wildman–Crippen MR) is 37.4 cm³/mol. The number of halogens is 2. The van der Waals surface area contributed by atoms with E-state index in [0.29, 0.717) is 0 Å². The van der Waals surface area contributed by atoms with Crippen molar-refractivity contribution in [2.24, 2.45) is 11.8 Å². The van der Waals surface area contributed by atoms with Crippen LogP contribution in [0.1, 0.15) is 0 Å². The maximum atomic E-state index is 10.8. The molecular formula is C6H4Cl2O3. The van der Waals surface area contributed by atoms with E-state index in [0.717, 1.165) is 0 Å². The summed E-state index contributed by atoms with van der Waals surface area (Å²) in [6.45, 7) is 0. The van der Waals surface area contributed by atoms with Crippen LogP contribution >= 0.6 is 23.2 Å². The standard InChI is InChI=1S/C6H4Cl2O3/c7-3-1-2(4(3)8)6(10)11-5(1)9/h1-4H/t1-,2+,3?,4?. The number of alkyl halides is 2. The van der Waals surface area contributed by atoms with Crippen LogP contribution in [-0.4, -0.2) is 22.7 Å². The number of carbonyl (C=O) groups excluding carboxylic acids is 2. The lowest BCUT2D eigenvalue weighted by molar-refractivity contribution is -0.153. The van der Waals surface area contributed by atoms with Crippen LogP contribution in [0.2, 0.25) is 0 Å². The second kappa shape index (κ2) is 2.11. The van der Waals surface area contributed by atoms with Crippen molar-refractivity contribution in [2.75, 3.05) is 0 Å². The van der Waals surface area contributed by atoms with Gasteiger partial charge in [-0.3, -0.25) is 9.59 Å². The van der Waals surface area contributed by atoms with Crippen LogP contribution in [0.25, 0.3) is 0 Å². The van der Waals surface area contributed by atoms with Crippen LogP contribution in [0.15, 0.2) is 0 Å². The van der Waals surface area contributed by atoms with Gasteiger partial charge in [0.05, 0.1) is 22.6 Å². The summed E-state index contributed by atoms with van der Waals surface area (Å²) in [4.78, 5) is 21.6. The van der Waals surface area contributed by atoms with Gasteiger partial charge in [-0.05, 0) is 0 Å². The third-order valence-electron chi connectivity index (χ3n) is 2.12. The second-order valence-electron chi connectivity index (χ2n) is 2.68. The first-order chi connectivity index (χ1) is 5.13. The molecule has 1 heterocycles. The molecule has 1 aliphatic heterocycles. The van der Waals surface area contributed by atoms with Crippen LogP contribution in [0.4, 0.5) is 0 Å². The molecule has 2 aliphatic rings. The number of carbonyl (C=O) groups is 2. The van der Waals surface area contributed by atoms with Crippen molar-refractivity contribution in [1.82, 2.24) is 0 Å². The molecule has 0 amide bonds. The maximum Gasteiger partial charge on any atom is 0.319 e. The van der Waals surface area contributed by atoms with Crippen molar-refractivity contribution in [3.63, 3.8) is 0 Å². The van der Waals surface area contributed by atoms with Crippen LogP contribution in [0.5, 0.6) is 0 Å². The average molecular weight is 195 g/mol. The van der Waals surface area contributed by atoms with Gasteiger partial charge in [-0.2, -0.15) is 0 Å². The van der Waals surface area contributed by atoms with Crippen molar-refractivity contribution < 1.29 is 14.3 Å². The molecule has 0 radical (unpaired) electrons. The Morgan fingerprint density at radius 3 is 1.73 bits per heavy atom. The molecule has 4 atom stereocenters. The van der Waals surface area contributed by atoms with Gasteiger partial charge in [-0.15, -0.1) is 23.2 Å². The first-order valence-corrected chi connectivity index (χ1v) is 4.04. The molecule has 2 unspecified atom stereocenters. The zero-order valence-electron chi connectivity index (χ0n) is 5.29. The molecule has 5 heteroatoms. The van der Waals surface area contributed by atoms with Gasteiger partial charge in [0.25, 0.3) is 0 Å². The lowest BCUT2D eigenvalue weighted by atomic mass is 9.74. The Kier molecular flexibility index (Phi) is 1.41. The molecule has 0 aromatic heterocycles. The Hall–Kier alpha value is -0.280. The minimum atomic E-state index is -0.531. The Bertz CT molecular complexity index is 216. The molecular weight excluding hydrogens is 191 g/mol. The van der Waals surface area contributed by atoms with Crippen molar-refractivity contribution in [2.45, 2.75) is 10.8 Å². The van der Waals surface area contributed by atoms with Gasteiger partial charge in [-0.1, -0.05) is 0 Å². The molecule has 1 aliphatic carbocycles. The SMILES string of the molecule is O=C1OC(=O)[C@H]2C(Cl)C(Cl)[C@@H]12. The normalized spacial score (nSPS) is 48.2. The van der Waals surface area contributed by atoms with E-state index in [1.165, 1.54) is 0 Å². The van der Waals surface area contributed by atoms with E-state index >= 15 is 0 Å². The number of esters is 2. The zero-order valence-corrected chi connectivity index (χ0v) is 6.80. The van der Waals surface area contributed by atoms with Gasteiger partial charge in [0, 0.05) is 0 Å². The number of hydrogen-bond acceptors (Lipinski definition) is 3. The first kappa shape index (κ1) is 7.37. The summed E-state index contributed by atoms with van der Waals surface area (Å²) in [5.74, 6) is -2.05. The molecule has 0 spiro atoms. The highest BCUT2D eigenvalue weighted by atomic mass is 35.5. The Morgan fingerprint density at radius 2 is 1.36 bits per heavy atom. The molecule has 1 saturated carbocycles. The number of ether oxygens (including phenoxy) is 1. The van der Waals surface area contributed by atoms with Gasteiger partial charge in [-0.25, -0.2) is 0 Å². The Morgan fingerprint density at radius 1 is 1.00 bits per heavy atom. The van der Waals surface area contributed by atoms with E-state index in [2.05, 4.69) is 4.74 Å². The number of rotatable bonds is 0. The van der Waals surface area contributed by atoms with E-state index in [1.54, 1.807) is 0 Å². The number of cyclic esters (lactones) is 2. The van der Waals surface area contributed by atoms with Gasteiger partial charge < -0.3 is 4.74 Å². The van der Waals surface area contributed by atoms with Crippen molar-refractivity contribution in [1.29, 1.82) is 0 Å². The smallest absolute Gasteiger partial charge is 0.319 e. The van der Waals surface area contributed by atoms with Gasteiger partial charge in [0.1, 0.15) is 0 Å². The van der Waals surface area contributed by atoms with Gasteiger partial charge in [0.2, 0.25) is 0 Å². The predicted octanol–water partition coefficient (Wildman–Crippen LogP) is 0.531. The summed E-state index contributed by atoms with van der Waals surface area (Å²) in [5, 5.41) is -0.888. The number of fused-ring (bicyclic) bond motifs is 1. The highest BCUT2D eigenvalue weighted by Crippen LogP contribution is 2.47. The van der Waals surface area contributed by atoms with Crippen LogP contribution < -0.4 is 0 Å². The van der Waals surface area contributed by atoms with Crippen LogP contribution in [0.3, 0.4) is 0 Å². The monoisotopic (exact) mass is 194 g/mol. The van der Waals surface area contributed by atoms with E-state index in [-0.39, 0.29) is 0 Å². The van der Waals surface area contributed by atoms with E-state index in [1.807, 2.05) is 0 Å². The van der Waals surface area contributed by atoms with Crippen molar-refractivity contribution in [3.05, 3.63) is 0 Å². The zero-order chi connectivity index (χ0) is 8.17. The van der Waals surface area contributed by atoms with Crippen molar-refractivity contribution >= 4 is 35.1 Å². The molecule has 60 valence electrons. The fourth-order valence-electron chi connectivity index (χ4n) is 1.44. The molecule has 3 nitrogen and oxygen atoms in total. The van der Waals surface area contributed by atoms with E-state index in [9.17, 15) is 9.59 Å². The highest BCUT2D eigenvalue weighted by molar-refractivity contribution is 6.35. The van der Waals surface area contributed by atoms with Gasteiger partial charge >= 0.3 is 11.9 Å². The summed E-state index contributed by atoms with van der Waals surface area (Å²) >= 11 is 11.4. The molecule has 1 saturated heterocycles. The summed E-state index contributed by atoms with van der Waals surface area (Å²) in [7, 11) is 0. The second-order valence-corrected chi connectivity index (χ2v) is 3.69. The van der Waals surface area contributed by atoms with E-state index in [4.69, 9.17) is 23.2 Å². The molecule has 0 N–H and O–H groups in total. The third-order valence-corrected chi connectivity index (χ3v) is 3.34. The van der Waals surface area contributed by atoms with E-state index < -0.39 is 34.5 Å². The molecule has 2 rings (SSSR count). The minimum absolute atomic E-state index is 0.444. The van der Waals surface area contributed by atoms with Crippen LogP contribution in [-0.2, 0) is 14.3 Å². The quantitative estimate of drug-likeness (QED) is 0.321. The lowest BCUT2D eigenvalue weighted by Gasteiger charge is -2.35. The van der Waals surface area contributed by atoms with Crippen LogP contribution in [0, 0.1) is 11.8 Å². The molecule has 0 aromatic rings. The largest absolute Gasteiger partial charge is 0.393 e. The summed E-state index contributed by atoms with van der Waals surface area (Å²) < 4.78 is 4.34. The van der Waals surface area contributed by atoms with Gasteiger partial charge in [0.15, 0.2) is 0 Å². The molecule has 0 bridgehead atoms. The molecule has 11 heavy (non-hydrogen) atoms. The maximum absolute atomic E-state index is 10.8. The Balaban J connectivity index is 2.26. The summed E-state index contributed by atoms with van der Waals surface area (Å²) in [5.41, 5.74) is 0. The Labute approximate surface area is 72.6 Å². The summed E-state index contributed by atoms with van der Waals surface area (Å²) in [6, 6.07) is 0. The summed E-state index contributed by atoms with van der Waals surface area (Å²) in [6.07, 6.45) is 0. The molecule has 2 fully saturated rings. The van der Waals surface area contributed by atoms with Crippen molar-refractivity contribution in [3.8, 4) is 0 Å². The first-order valence-electron chi connectivity index (χ1n) is 3.16. The average Bonchev–Trinajstić information content (AvgIpc) is 2.21. The fourth-order valence-corrected chi connectivity index (χ4v) is 2.27. The topological polar surface area (TPSA) is 43.4 Å². The molecule has 0 aromatic carbocycles. The lowest BCUT2D eigenvalue weighted by Crippen LogP contribution is -2.51. The minimum Gasteiger partial charge on any atom is -0.393 e. The third kappa shape index (κ3) is 0.754. The number of hydrogen-bond donors (Lipinski definition) is 0.